The summed E-state index contributed by atoms with van der Waals surface area (Å²) in [5, 5.41) is 3.91. The minimum absolute atomic E-state index is 0.142. The number of hydrogen-bond donors (Lipinski definition) is 0. The number of rotatable bonds is 5. The molecule has 1 saturated carbocycles. The fourth-order valence-electron chi connectivity index (χ4n) is 4.70. The number of halogens is 1. The van der Waals surface area contributed by atoms with E-state index in [1.807, 2.05) is 23.1 Å². The summed E-state index contributed by atoms with van der Waals surface area (Å²) in [6, 6.07) is 13.6. The van der Waals surface area contributed by atoms with Crippen molar-refractivity contribution in [2.75, 3.05) is 13.2 Å². The fourth-order valence-corrected chi connectivity index (χ4v) is 4.70. The molecule has 5 rings (SSSR count). The van der Waals surface area contributed by atoms with Crippen molar-refractivity contribution in [1.29, 1.82) is 0 Å². The normalized spacial score (nSPS) is 27.3. The number of amides is 1. The molecule has 0 unspecified atom stereocenters. The Hall–Kier alpha value is -2.93. The number of azide groups is 1. The Labute approximate surface area is 185 Å². The van der Waals surface area contributed by atoms with Crippen molar-refractivity contribution in [3.8, 4) is 0 Å². The van der Waals surface area contributed by atoms with Crippen molar-refractivity contribution in [2.24, 2.45) is 5.11 Å². The molecule has 2 heterocycles. The lowest BCUT2D eigenvalue weighted by atomic mass is 9.87. The highest BCUT2D eigenvalue weighted by molar-refractivity contribution is 5.82. The van der Waals surface area contributed by atoms with Crippen LogP contribution in [-0.4, -0.2) is 48.3 Å². The van der Waals surface area contributed by atoms with E-state index in [0.717, 1.165) is 30.4 Å². The summed E-state index contributed by atoms with van der Waals surface area (Å²) in [6.45, 7) is 0.758. The lowest BCUT2D eigenvalue weighted by Crippen LogP contribution is -2.51. The van der Waals surface area contributed by atoms with E-state index in [-0.39, 0.29) is 43.0 Å². The number of benzene rings is 2. The van der Waals surface area contributed by atoms with Crippen molar-refractivity contribution in [3.05, 3.63) is 81.5 Å². The van der Waals surface area contributed by atoms with Crippen LogP contribution in [0.1, 0.15) is 42.0 Å². The largest absolute Gasteiger partial charge is 0.372 e. The fraction of sp³-hybridized carbons (Fsp3) is 0.458. The second kappa shape index (κ2) is 8.90. The molecule has 0 N–H and O–H groups in total. The summed E-state index contributed by atoms with van der Waals surface area (Å²) in [5.41, 5.74) is 12.1. The van der Waals surface area contributed by atoms with Crippen LogP contribution in [0.15, 0.2) is 53.6 Å². The van der Waals surface area contributed by atoms with E-state index in [1.165, 1.54) is 17.7 Å². The zero-order valence-electron chi connectivity index (χ0n) is 17.6. The van der Waals surface area contributed by atoms with Crippen molar-refractivity contribution < 1.29 is 18.7 Å². The third kappa shape index (κ3) is 4.21. The van der Waals surface area contributed by atoms with Gasteiger partial charge in [0.2, 0.25) is 0 Å². The molecule has 2 aromatic rings. The number of carbonyl (C=O) groups excluding carboxylic acids is 1. The van der Waals surface area contributed by atoms with Gasteiger partial charge in [0.15, 0.2) is 0 Å². The molecule has 0 spiro atoms. The lowest BCUT2D eigenvalue weighted by Gasteiger charge is -2.41. The maximum Gasteiger partial charge on any atom is 0.252 e. The summed E-state index contributed by atoms with van der Waals surface area (Å²) in [6.07, 6.45) is 2.21. The molecule has 2 aliphatic heterocycles. The maximum atomic E-state index is 13.7. The molecule has 166 valence electrons. The molecular formula is C24H25FN4O3. The molecule has 3 aliphatic rings. The quantitative estimate of drug-likeness (QED) is 0.397. The zero-order chi connectivity index (χ0) is 22.1. The highest BCUT2D eigenvalue weighted by Crippen LogP contribution is 2.37. The average molecular weight is 436 g/mol. The van der Waals surface area contributed by atoms with Gasteiger partial charge in [0.1, 0.15) is 11.9 Å². The van der Waals surface area contributed by atoms with Crippen molar-refractivity contribution in [1.82, 2.24) is 4.90 Å². The van der Waals surface area contributed by atoms with E-state index in [1.54, 1.807) is 12.1 Å². The van der Waals surface area contributed by atoms with Crippen LogP contribution >= 0.6 is 0 Å². The first-order valence-corrected chi connectivity index (χ1v) is 11.1. The van der Waals surface area contributed by atoms with E-state index < -0.39 is 12.1 Å². The van der Waals surface area contributed by atoms with E-state index in [9.17, 15) is 9.18 Å². The van der Waals surface area contributed by atoms with Gasteiger partial charge in [-0.05, 0) is 60.0 Å². The zero-order valence-corrected chi connectivity index (χ0v) is 17.6. The average Bonchev–Trinajstić information content (AvgIpc) is 3.64. The predicted octanol–water partition coefficient (Wildman–Crippen LogP) is 4.32. The molecule has 2 aromatic carbocycles. The first-order chi connectivity index (χ1) is 15.6. The summed E-state index contributed by atoms with van der Waals surface area (Å²) >= 11 is 0. The molecule has 1 saturated heterocycles. The first-order valence-electron chi connectivity index (χ1n) is 11.1. The van der Waals surface area contributed by atoms with Gasteiger partial charge in [0.05, 0.1) is 30.9 Å². The predicted molar refractivity (Wildman–Crippen MR) is 115 cm³/mol. The standard InChI is InChI=1S/C24H25FN4O3/c25-17-7-5-16(6-8-17)23-19-4-2-1-3-15(19)11-12-29(23)24(30)21-13-20(27-28-26)22(14-31-21)32-18-9-10-18/h1-8,18,20-23H,9-14H2/t20-,21+,22-,23-/m0/s1. The number of nitrogens with zero attached hydrogens (tertiary/aromatic N) is 4. The highest BCUT2D eigenvalue weighted by atomic mass is 19.1. The van der Waals surface area contributed by atoms with Gasteiger partial charge in [-0.25, -0.2) is 4.39 Å². The molecule has 0 aromatic heterocycles. The van der Waals surface area contributed by atoms with Crippen molar-refractivity contribution >= 4 is 5.91 Å². The van der Waals surface area contributed by atoms with Gasteiger partial charge in [-0.3, -0.25) is 4.79 Å². The highest BCUT2D eigenvalue weighted by Gasteiger charge is 2.42. The van der Waals surface area contributed by atoms with E-state index in [2.05, 4.69) is 16.1 Å². The lowest BCUT2D eigenvalue weighted by molar-refractivity contribution is -0.158. The van der Waals surface area contributed by atoms with E-state index in [0.29, 0.717) is 6.54 Å². The minimum Gasteiger partial charge on any atom is -0.372 e. The third-order valence-electron chi connectivity index (χ3n) is 6.47. The van der Waals surface area contributed by atoms with Crippen LogP contribution < -0.4 is 0 Å². The molecule has 8 heteroatoms. The second-order valence-corrected chi connectivity index (χ2v) is 8.64. The van der Waals surface area contributed by atoms with Crippen LogP contribution in [0.3, 0.4) is 0 Å². The molecular weight excluding hydrogens is 411 g/mol. The van der Waals surface area contributed by atoms with Crippen LogP contribution in [0.5, 0.6) is 0 Å². The molecule has 0 radical (unpaired) electrons. The maximum absolute atomic E-state index is 13.7. The van der Waals surface area contributed by atoms with Gasteiger partial charge in [0.25, 0.3) is 5.91 Å². The van der Waals surface area contributed by atoms with Gasteiger partial charge in [-0.2, -0.15) is 0 Å². The van der Waals surface area contributed by atoms with Crippen LogP contribution in [0.4, 0.5) is 4.39 Å². The molecule has 2 fully saturated rings. The minimum atomic E-state index is -0.710. The summed E-state index contributed by atoms with van der Waals surface area (Å²) in [4.78, 5) is 18.4. The Balaban J connectivity index is 1.41. The van der Waals surface area contributed by atoms with Gasteiger partial charge in [-0.1, -0.05) is 41.5 Å². The summed E-state index contributed by atoms with van der Waals surface area (Å²) < 4.78 is 25.5. The molecule has 1 amide bonds. The SMILES string of the molecule is [N-]=[N+]=N[C@H]1C[C@H](C(=O)N2CCc3ccccc3[C@@H]2c2ccc(F)cc2)OC[C@@H]1OC1CC1. The van der Waals surface area contributed by atoms with E-state index in [4.69, 9.17) is 15.0 Å². The first kappa shape index (κ1) is 20.9. The Morgan fingerprint density at radius 1 is 1.19 bits per heavy atom. The topological polar surface area (TPSA) is 87.5 Å². The number of ether oxygens (including phenoxy) is 2. The van der Waals surface area contributed by atoms with Gasteiger partial charge >= 0.3 is 0 Å². The third-order valence-corrected chi connectivity index (χ3v) is 6.47. The van der Waals surface area contributed by atoms with Crippen LogP contribution in [-0.2, 0) is 20.7 Å². The summed E-state index contributed by atoms with van der Waals surface area (Å²) in [5.74, 6) is -0.456. The number of fused-ring (bicyclic) bond motifs is 1. The molecule has 0 bridgehead atoms. The van der Waals surface area contributed by atoms with Crippen molar-refractivity contribution in [2.45, 2.75) is 56.1 Å². The molecule has 4 atom stereocenters. The monoisotopic (exact) mass is 436 g/mol. The molecule has 7 nitrogen and oxygen atoms in total. The Morgan fingerprint density at radius 3 is 2.72 bits per heavy atom. The number of hydrogen-bond acceptors (Lipinski definition) is 4. The van der Waals surface area contributed by atoms with Gasteiger partial charge in [-0.15, -0.1) is 0 Å². The smallest absolute Gasteiger partial charge is 0.252 e. The second-order valence-electron chi connectivity index (χ2n) is 8.64. The number of carbonyl (C=O) groups is 1. The molecule has 32 heavy (non-hydrogen) atoms. The van der Waals surface area contributed by atoms with Gasteiger partial charge in [0, 0.05) is 11.5 Å². The van der Waals surface area contributed by atoms with Crippen molar-refractivity contribution in [3.63, 3.8) is 0 Å². The van der Waals surface area contributed by atoms with Crippen LogP contribution in [0.2, 0.25) is 0 Å². The summed E-state index contributed by atoms with van der Waals surface area (Å²) in [7, 11) is 0. The van der Waals surface area contributed by atoms with Crippen LogP contribution in [0, 0.1) is 5.82 Å². The van der Waals surface area contributed by atoms with Crippen LogP contribution in [0.25, 0.3) is 10.4 Å². The van der Waals surface area contributed by atoms with E-state index >= 15 is 0 Å². The Bertz CT molecular complexity index is 1040. The Morgan fingerprint density at radius 2 is 1.97 bits per heavy atom. The van der Waals surface area contributed by atoms with Gasteiger partial charge < -0.3 is 14.4 Å². The molecule has 1 aliphatic carbocycles. The Kier molecular flexibility index (Phi) is 5.83.